The Morgan fingerprint density at radius 1 is 1.26 bits per heavy atom. The van der Waals surface area contributed by atoms with Crippen molar-refractivity contribution >= 4 is 28.3 Å². The van der Waals surface area contributed by atoms with Gasteiger partial charge in [-0.1, -0.05) is 0 Å². The highest BCUT2D eigenvalue weighted by Gasteiger charge is 2.25. The number of ether oxygens (including phenoxy) is 2. The maximum Gasteiger partial charge on any atom is 0.255 e. The molecule has 2 aromatic rings. The van der Waals surface area contributed by atoms with E-state index in [4.69, 9.17) is 9.47 Å². The topological polar surface area (TPSA) is 89.6 Å². The van der Waals surface area contributed by atoms with Crippen molar-refractivity contribution in [3.8, 4) is 17.0 Å². The van der Waals surface area contributed by atoms with Crippen molar-refractivity contribution in [2.75, 3.05) is 18.5 Å². The maximum absolute atomic E-state index is 12.2. The number of aromatic nitrogens is 1. The Labute approximate surface area is 161 Å². The van der Waals surface area contributed by atoms with E-state index in [1.165, 1.54) is 18.3 Å². The zero-order valence-corrected chi connectivity index (χ0v) is 15.8. The number of nitrogens with zero attached hydrogens (tertiary/aromatic N) is 1. The molecule has 0 spiro atoms. The number of hydrogen-bond donors (Lipinski definition) is 2. The second kappa shape index (κ2) is 7.66. The van der Waals surface area contributed by atoms with Gasteiger partial charge < -0.3 is 14.8 Å². The van der Waals surface area contributed by atoms with Gasteiger partial charge in [0.15, 0.2) is 5.13 Å². The van der Waals surface area contributed by atoms with Crippen LogP contribution in [0.15, 0.2) is 23.6 Å². The highest BCUT2D eigenvalue weighted by Crippen LogP contribution is 2.36. The number of benzene rings is 1. The van der Waals surface area contributed by atoms with Crippen molar-refractivity contribution < 1.29 is 19.1 Å². The molecule has 2 aliphatic heterocycles. The average molecular weight is 387 g/mol. The summed E-state index contributed by atoms with van der Waals surface area (Å²) < 4.78 is 11.1. The summed E-state index contributed by atoms with van der Waals surface area (Å²) in [6.07, 6.45) is 2.01. The third-order valence-electron chi connectivity index (χ3n) is 4.68. The van der Waals surface area contributed by atoms with E-state index in [2.05, 4.69) is 15.6 Å². The van der Waals surface area contributed by atoms with E-state index in [-0.39, 0.29) is 24.0 Å². The molecule has 2 amide bonds. The highest BCUT2D eigenvalue weighted by atomic mass is 32.1. The minimum atomic E-state index is -0.378. The minimum Gasteiger partial charge on any atom is -0.493 e. The number of nitrogens with one attached hydrogen (secondary N) is 2. The molecular formula is C19H21N3O4S. The second-order valence-corrected chi connectivity index (χ2v) is 7.53. The second-order valence-electron chi connectivity index (χ2n) is 6.67. The van der Waals surface area contributed by atoms with Crippen LogP contribution < -0.4 is 15.4 Å². The fourth-order valence-electron chi connectivity index (χ4n) is 3.38. The van der Waals surface area contributed by atoms with E-state index >= 15 is 0 Å². The van der Waals surface area contributed by atoms with Crippen molar-refractivity contribution in [3.63, 3.8) is 0 Å². The van der Waals surface area contributed by atoms with Crippen molar-refractivity contribution in [2.24, 2.45) is 0 Å². The monoisotopic (exact) mass is 387 g/mol. The first-order chi connectivity index (χ1) is 13.1. The number of thiazole rings is 1. The van der Waals surface area contributed by atoms with Gasteiger partial charge >= 0.3 is 0 Å². The molecule has 2 atom stereocenters. The fourth-order valence-corrected chi connectivity index (χ4v) is 4.11. The Morgan fingerprint density at radius 3 is 2.93 bits per heavy atom. The van der Waals surface area contributed by atoms with Crippen LogP contribution in [0.4, 0.5) is 5.13 Å². The van der Waals surface area contributed by atoms with Gasteiger partial charge in [-0.2, -0.15) is 0 Å². The lowest BCUT2D eigenvalue weighted by Crippen LogP contribution is -2.30. The standard InChI is InChI=1S/C19H21N3O4S/c1-11(23)20-14-6-8-26-16-5-4-12(9-13(14)16)15-10-27-19(21-15)22-18(24)17-3-2-7-25-17/h4-5,9-10,14,17H,2-3,6-8H2,1H3,(H,20,23)(H,21,22,24). The van der Waals surface area contributed by atoms with Crippen LogP contribution in [0.25, 0.3) is 11.3 Å². The molecule has 2 unspecified atom stereocenters. The molecule has 0 aliphatic carbocycles. The van der Waals surface area contributed by atoms with E-state index < -0.39 is 0 Å². The molecule has 2 N–H and O–H groups in total. The predicted molar refractivity (Wildman–Crippen MR) is 102 cm³/mol. The molecule has 1 aromatic carbocycles. The summed E-state index contributed by atoms with van der Waals surface area (Å²) in [6.45, 7) is 2.73. The summed E-state index contributed by atoms with van der Waals surface area (Å²) in [4.78, 5) is 28.2. The van der Waals surface area contributed by atoms with E-state index in [1.807, 2.05) is 23.6 Å². The van der Waals surface area contributed by atoms with E-state index in [0.29, 0.717) is 18.3 Å². The third-order valence-corrected chi connectivity index (χ3v) is 5.44. The van der Waals surface area contributed by atoms with E-state index in [1.54, 1.807) is 0 Å². The summed E-state index contributed by atoms with van der Waals surface area (Å²) in [7, 11) is 0. The summed E-state index contributed by atoms with van der Waals surface area (Å²) >= 11 is 1.38. The molecule has 8 heteroatoms. The van der Waals surface area contributed by atoms with Crippen LogP contribution in [-0.4, -0.2) is 36.1 Å². The molecule has 3 heterocycles. The van der Waals surface area contributed by atoms with Crippen molar-refractivity contribution in [1.29, 1.82) is 0 Å². The molecule has 1 fully saturated rings. The first-order valence-electron chi connectivity index (χ1n) is 9.02. The van der Waals surface area contributed by atoms with Gasteiger partial charge in [-0.05, 0) is 31.0 Å². The van der Waals surface area contributed by atoms with Gasteiger partial charge in [0.05, 0.1) is 18.3 Å². The van der Waals surface area contributed by atoms with Gasteiger partial charge in [0.1, 0.15) is 11.9 Å². The zero-order chi connectivity index (χ0) is 18.8. The van der Waals surface area contributed by atoms with Gasteiger partial charge in [0, 0.05) is 36.5 Å². The fraction of sp³-hybridized carbons (Fsp3) is 0.421. The summed E-state index contributed by atoms with van der Waals surface area (Å²) in [5, 5.41) is 8.26. The minimum absolute atomic E-state index is 0.0639. The first kappa shape index (κ1) is 17.9. The lowest BCUT2D eigenvalue weighted by atomic mass is 9.97. The van der Waals surface area contributed by atoms with Crippen molar-refractivity contribution in [1.82, 2.24) is 10.3 Å². The number of rotatable bonds is 4. The molecule has 142 valence electrons. The van der Waals surface area contributed by atoms with Gasteiger partial charge in [0.2, 0.25) is 5.91 Å². The van der Waals surface area contributed by atoms with E-state index in [9.17, 15) is 9.59 Å². The normalized spacial score (nSPS) is 21.2. The molecule has 2 aliphatic rings. The summed E-state index contributed by atoms with van der Waals surface area (Å²) in [6, 6.07) is 5.78. The number of hydrogen-bond acceptors (Lipinski definition) is 6. The number of fused-ring (bicyclic) bond motifs is 1. The third kappa shape index (κ3) is 3.96. The lowest BCUT2D eigenvalue weighted by molar-refractivity contribution is -0.124. The van der Waals surface area contributed by atoms with Crippen LogP contribution in [0.5, 0.6) is 5.75 Å². The van der Waals surface area contributed by atoms with Gasteiger partial charge in [-0.15, -0.1) is 11.3 Å². The Balaban J connectivity index is 1.53. The number of carbonyl (C=O) groups excluding carboxylic acids is 2. The molecule has 0 radical (unpaired) electrons. The Kier molecular flexibility index (Phi) is 5.09. The number of anilines is 1. The smallest absolute Gasteiger partial charge is 0.255 e. The van der Waals surface area contributed by atoms with Crippen LogP contribution in [0, 0.1) is 0 Å². The van der Waals surface area contributed by atoms with Crippen LogP contribution in [0.3, 0.4) is 0 Å². The Hall–Kier alpha value is -2.45. The molecule has 0 saturated carbocycles. The van der Waals surface area contributed by atoms with Gasteiger partial charge in [0.25, 0.3) is 5.91 Å². The highest BCUT2D eigenvalue weighted by molar-refractivity contribution is 7.14. The Bertz CT molecular complexity index is 860. The zero-order valence-electron chi connectivity index (χ0n) is 15.0. The SMILES string of the molecule is CC(=O)NC1CCOc2ccc(-c3csc(NC(=O)C4CCCO4)n3)cc21. The molecule has 1 aromatic heterocycles. The van der Waals surface area contributed by atoms with Crippen molar-refractivity contribution in [3.05, 3.63) is 29.1 Å². The van der Waals surface area contributed by atoms with Crippen LogP contribution in [0.1, 0.15) is 37.8 Å². The van der Waals surface area contributed by atoms with Crippen LogP contribution in [-0.2, 0) is 14.3 Å². The molecule has 7 nitrogen and oxygen atoms in total. The quantitative estimate of drug-likeness (QED) is 0.842. The molecule has 27 heavy (non-hydrogen) atoms. The largest absolute Gasteiger partial charge is 0.493 e. The van der Waals surface area contributed by atoms with E-state index in [0.717, 1.165) is 41.8 Å². The van der Waals surface area contributed by atoms with Gasteiger partial charge in [-0.25, -0.2) is 4.98 Å². The average Bonchev–Trinajstić information content (AvgIpc) is 3.33. The first-order valence-corrected chi connectivity index (χ1v) is 9.90. The van der Waals surface area contributed by atoms with Crippen LogP contribution >= 0.6 is 11.3 Å². The molecule has 1 saturated heterocycles. The molecule has 0 bridgehead atoms. The van der Waals surface area contributed by atoms with Crippen molar-refractivity contribution in [2.45, 2.75) is 38.3 Å². The lowest BCUT2D eigenvalue weighted by Gasteiger charge is -2.26. The molecular weight excluding hydrogens is 366 g/mol. The number of amides is 2. The maximum atomic E-state index is 12.2. The van der Waals surface area contributed by atoms with Gasteiger partial charge in [-0.3, -0.25) is 14.9 Å². The number of carbonyl (C=O) groups is 2. The Morgan fingerprint density at radius 2 is 2.15 bits per heavy atom. The summed E-state index contributed by atoms with van der Waals surface area (Å²) in [5.74, 6) is 0.579. The summed E-state index contributed by atoms with van der Waals surface area (Å²) in [5.41, 5.74) is 2.65. The van der Waals surface area contributed by atoms with Crippen LogP contribution in [0.2, 0.25) is 0 Å². The predicted octanol–water partition coefficient (Wildman–Crippen LogP) is 2.89. The molecule has 4 rings (SSSR count).